The summed E-state index contributed by atoms with van der Waals surface area (Å²) in [6, 6.07) is 7.77. The van der Waals surface area contributed by atoms with E-state index in [0.717, 1.165) is 0 Å². The molecule has 0 saturated heterocycles. The van der Waals surface area contributed by atoms with E-state index in [9.17, 15) is 8.78 Å². The third-order valence-corrected chi connectivity index (χ3v) is 3.51. The standard InChI is InChI=1S/C14H11Cl2F2N/c15-10-2-1-3-12(18)14(10)13(19)6-8-4-5-9(17)7-11(8)16/h1-5,7,13H,6,19H2. The first-order valence-corrected chi connectivity index (χ1v) is 6.38. The molecule has 1 unspecified atom stereocenters. The van der Waals surface area contributed by atoms with Gasteiger partial charge in [-0.15, -0.1) is 0 Å². The third-order valence-electron chi connectivity index (χ3n) is 2.83. The predicted molar refractivity (Wildman–Crippen MR) is 73.5 cm³/mol. The van der Waals surface area contributed by atoms with Crippen molar-refractivity contribution in [1.82, 2.24) is 0 Å². The van der Waals surface area contributed by atoms with Crippen molar-refractivity contribution >= 4 is 23.2 Å². The van der Waals surface area contributed by atoms with Gasteiger partial charge < -0.3 is 5.73 Å². The molecular formula is C14H11Cl2F2N. The quantitative estimate of drug-likeness (QED) is 0.886. The second kappa shape index (κ2) is 5.87. The van der Waals surface area contributed by atoms with E-state index < -0.39 is 17.7 Å². The minimum Gasteiger partial charge on any atom is -0.324 e. The lowest BCUT2D eigenvalue weighted by molar-refractivity contribution is 0.580. The van der Waals surface area contributed by atoms with Crippen molar-refractivity contribution in [3.05, 3.63) is 69.2 Å². The van der Waals surface area contributed by atoms with Crippen LogP contribution in [0.4, 0.5) is 8.78 Å². The summed E-state index contributed by atoms with van der Waals surface area (Å²) >= 11 is 11.9. The molecule has 0 radical (unpaired) electrons. The lowest BCUT2D eigenvalue weighted by Gasteiger charge is -2.15. The minimum atomic E-state index is -0.642. The SMILES string of the molecule is NC(Cc1ccc(F)cc1Cl)c1c(F)cccc1Cl. The molecule has 2 aromatic rings. The summed E-state index contributed by atoms with van der Waals surface area (Å²) in [5, 5.41) is 0.536. The molecule has 2 rings (SSSR count). The maximum atomic E-state index is 13.7. The highest BCUT2D eigenvalue weighted by Gasteiger charge is 2.17. The van der Waals surface area contributed by atoms with Crippen molar-refractivity contribution in [2.75, 3.05) is 0 Å². The van der Waals surface area contributed by atoms with Crippen LogP contribution >= 0.6 is 23.2 Å². The van der Waals surface area contributed by atoms with Crippen LogP contribution in [0.25, 0.3) is 0 Å². The zero-order valence-corrected chi connectivity index (χ0v) is 11.3. The molecule has 0 bridgehead atoms. The zero-order chi connectivity index (χ0) is 14.0. The maximum absolute atomic E-state index is 13.7. The van der Waals surface area contributed by atoms with Gasteiger partial charge in [-0.3, -0.25) is 0 Å². The lowest BCUT2D eigenvalue weighted by Crippen LogP contribution is -2.16. The van der Waals surface area contributed by atoms with Crippen LogP contribution < -0.4 is 5.73 Å². The first-order valence-electron chi connectivity index (χ1n) is 5.62. The summed E-state index contributed by atoms with van der Waals surface area (Å²) in [6.07, 6.45) is 0.278. The number of benzene rings is 2. The number of rotatable bonds is 3. The normalized spacial score (nSPS) is 12.5. The van der Waals surface area contributed by atoms with E-state index in [2.05, 4.69) is 0 Å². The maximum Gasteiger partial charge on any atom is 0.129 e. The van der Waals surface area contributed by atoms with Gasteiger partial charge in [-0.05, 0) is 36.2 Å². The van der Waals surface area contributed by atoms with Gasteiger partial charge in [-0.25, -0.2) is 8.78 Å². The largest absolute Gasteiger partial charge is 0.324 e. The van der Waals surface area contributed by atoms with Crippen molar-refractivity contribution in [2.24, 2.45) is 5.73 Å². The second-order valence-corrected chi connectivity index (χ2v) is 5.00. The lowest BCUT2D eigenvalue weighted by atomic mass is 9.99. The summed E-state index contributed by atoms with van der Waals surface area (Å²) in [6.45, 7) is 0. The Kier molecular flexibility index (Phi) is 4.40. The Morgan fingerprint density at radius 2 is 1.79 bits per heavy atom. The van der Waals surface area contributed by atoms with Gasteiger partial charge in [0.2, 0.25) is 0 Å². The Labute approximate surface area is 119 Å². The first-order chi connectivity index (χ1) is 8.99. The molecule has 1 atom stereocenters. The molecule has 0 amide bonds. The molecule has 0 aromatic heterocycles. The number of nitrogens with two attached hydrogens (primary N) is 1. The van der Waals surface area contributed by atoms with Gasteiger partial charge in [-0.1, -0.05) is 35.3 Å². The average Bonchev–Trinajstić information content (AvgIpc) is 2.32. The van der Waals surface area contributed by atoms with E-state index in [1.165, 1.54) is 30.3 Å². The third kappa shape index (κ3) is 3.24. The van der Waals surface area contributed by atoms with Crippen LogP contribution in [-0.2, 0) is 6.42 Å². The van der Waals surface area contributed by atoms with Gasteiger partial charge in [-0.2, -0.15) is 0 Å². The first kappa shape index (κ1) is 14.3. The summed E-state index contributed by atoms with van der Waals surface area (Å²) < 4.78 is 26.7. The Morgan fingerprint density at radius 3 is 2.42 bits per heavy atom. The Morgan fingerprint density at radius 1 is 1.05 bits per heavy atom. The van der Waals surface area contributed by atoms with Crippen LogP contribution in [0.5, 0.6) is 0 Å². The summed E-state index contributed by atoms with van der Waals surface area (Å²) in [5.74, 6) is -0.885. The van der Waals surface area contributed by atoms with Gasteiger partial charge in [0.25, 0.3) is 0 Å². The van der Waals surface area contributed by atoms with Crippen molar-refractivity contribution in [3.63, 3.8) is 0 Å². The highest BCUT2D eigenvalue weighted by Crippen LogP contribution is 2.28. The van der Waals surface area contributed by atoms with Crippen LogP contribution in [0.15, 0.2) is 36.4 Å². The molecule has 0 aliphatic rings. The monoisotopic (exact) mass is 301 g/mol. The molecule has 0 fully saturated rings. The molecule has 5 heteroatoms. The van der Waals surface area contributed by atoms with Crippen molar-refractivity contribution in [3.8, 4) is 0 Å². The molecule has 1 nitrogen and oxygen atoms in total. The van der Waals surface area contributed by atoms with Crippen LogP contribution in [-0.4, -0.2) is 0 Å². The van der Waals surface area contributed by atoms with Crippen LogP contribution in [0, 0.1) is 11.6 Å². The van der Waals surface area contributed by atoms with Crippen molar-refractivity contribution in [2.45, 2.75) is 12.5 Å². The predicted octanol–water partition coefficient (Wildman–Crippen LogP) is 4.51. The molecular weight excluding hydrogens is 291 g/mol. The van der Waals surface area contributed by atoms with E-state index >= 15 is 0 Å². The molecule has 2 aromatic carbocycles. The van der Waals surface area contributed by atoms with Crippen LogP contribution in [0.3, 0.4) is 0 Å². The van der Waals surface area contributed by atoms with E-state index in [4.69, 9.17) is 28.9 Å². The number of halogens is 4. The van der Waals surface area contributed by atoms with Crippen molar-refractivity contribution < 1.29 is 8.78 Å². The van der Waals surface area contributed by atoms with Gasteiger partial charge in [0, 0.05) is 21.7 Å². The zero-order valence-electron chi connectivity index (χ0n) is 9.84. The van der Waals surface area contributed by atoms with Gasteiger partial charge in [0.1, 0.15) is 11.6 Å². The Balaban J connectivity index is 2.28. The molecule has 0 saturated carbocycles. The van der Waals surface area contributed by atoms with E-state index in [-0.39, 0.29) is 22.0 Å². The Hall–Kier alpha value is -1.16. The fourth-order valence-electron chi connectivity index (χ4n) is 1.89. The molecule has 19 heavy (non-hydrogen) atoms. The number of hydrogen-bond donors (Lipinski definition) is 1. The van der Waals surface area contributed by atoms with E-state index in [1.807, 2.05) is 0 Å². The summed E-state index contributed by atoms with van der Waals surface area (Å²) in [5.41, 5.74) is 6.85. The molecule has 0 aliphatic heterocycles. The molecule has 0 spiro atoms. The fourth-order valence-corrected chi connectivity index (χ4v) is 2.44. The molecule has 2 N–H and O–H groups in total. The summed E-state index contributed by atoms with van der Waals surface area (Å²) in [7, 11) is 0. The van der Waals surface area contributed by atoms with Gasteiger partial charge in [0.15, 0.2) is 0 Å². The van der Waals surface area contributed by atoms with E-state index in [0.29, 0.717) is 5.56 Å². The molecule has 0 aliphatic carbocycles. The van der Waals surface area contributed by atoms with Gasteiger partial charge in [0.05, 0.1) is 0 Å². The highest BCUT2D eigenvalue weighted by atomic mass is 35.5. The topological polar surface area (TPSA) is 26.0 Å². The minimum absolute atomic E-state index is 0.240. The van der Waals surface area contributed by atoms with Crippen LogP contribution in [0.1, 0.15) is 17.2 Å². The summed E-state index contributed by atoms with van der Waals surface area (Å²) in [4.78, 5) is 0. The smallest absolute Gasteiger partial charge is 0.129 e. The van der Waals surface area contributed by atoms with Gasteiger partial charge >= 0.3 is 0 Å². The van der Waals surface area contributed by atoms with Crippen molar-refractivity contribution in [1.29, 1.82) is 0 Å². The Bertz CT molecular complexity index is 582. The molecule has 100 valence electrons. The number of hydrogen-bond acceptors (Lipinski definition) is 1. The molecule has 0 heterocycles. The van der Waals surface area contributed by atoms with E-state index in [1.54, 1.807) is 6.07 Å². The van der Waals surface area contributed by atoms with Crippen LogP contribution in [0.2, 0.25) is 10.0 Å². The highest BCUT2D eigenvalue weighted by molar-refractivity contribution is 6.31. The fraction of sp³-hybridized carbons (Fsp3) is 0.143. The second-order valence-electron chi connectivity index (χ2n) is 4.18. The average molecular weight is 302 g/mol.